The highest BCUT2D eigenvalue weighted by Crippen LogP contribution is 2.22. The van der Waals surface area contributed by atoms with E-state index >= 15 is 0 Å². The van der Waals surface area contributed by atoms with E-state index < -0.39 is 17.8 Å². The third-order valence-electron chi connectivity index (χ3n) is 6.12. The molecule has 0 unspecified atom stereocenters. The van der Waals surface area contributed by atoms with Gasteiger partial charge in [-0.15, -0.1) is 11.8 Å². The van der Waals surface area contributed by atoms with Crippen molar-refractivity contribution in [3.63, 3.8) is 0 Å². The van der Waals surface area contributed by atoms with Gasteiger partial charge >= 0.3 is 5.97 Å². The zero-order chi connectivity index (χ0) is 30.1. The van der Waals surface area contributed by atoms with Crippen molar-refractivity contribution in [3.8, 4) is 0 Å². The molecule has 0 aromatic heterocycles. The number of rotatable bonds is 10. The fraction of sp³-hybridized carbons (Fsp3) is 0.0909. The second kappa shape index (κ2) is 14.0. The van der Waals surface area contributed by atoms with Gasteiger partial charge in [-0.2, -0.15) is 0 Å². The summed E-state index contributed by atoms with van der Waals surface area (Å²) in [6, 6.07) is 27.8. The van der Waals surface area contributed by atoms with Crippen molar-refractivity contribution in [2.75, 3.05) is 16.4 Å². The summed E-state index contributed by atoms with van der Waals surface area (Å²) in [5.74, 6) is -2.12. The fourth-order valence-electron chi connectivity index (χ4n) is 3.93. The minimum atomic E-state index is -1.07. The number of aromatic carboxylic acids is 1. The number of amides is 3. The van der Waals surface area contributed by atoms with Crippen molar-refractivity contribution >= 4 is 52.9 Å². The Balaban J connectivity index is 1.40. The van der Waals surface area contributed by atoms with Crippen LogP contribution >= 0.6 is 11.8 Å². The lowest BCUT2D eigenvalue weighted by Gasteiger charge is -2.12. The third kappa shape index (κ3) is 8.42. The smallest absolute Gasteiger partial charge is 0.335 e. The normalized spacial score (nSPS) is 11.0. The SMILES string of the molecule is Cc1cccc(/C=C(\NC(=O)c2ccccc2)C(=O)Nc2ccc(SCC(=O)Nc3cc(C(=O)O)ccc3C)cc2)c1. The summed E-state index contributed by atoms with van der Waals surface area (Å²) in [6.45, 7) is 3.73. The molecule has 9 heteroatoms. The number of carbonyl (C=O) groups excluding carboxylic acids is 3. The van der Waals surface area contributed by atoms with Gasteiger partial charge < -0.3 is 21.1 Å². The first-order chi connectivity index (χ1) is 20.2. The first kappa shape index (κ1) is 29.8. The Bertz CT molecular complexity index is 1650. The van der Waals surface area contributed by atoms with Crippen LogP contribution in [0.5, 0.6) is 0 Å². The molecule has 0 aliphatic heterocycles. The predicted molar refractivity (Wildman–Crippen MR) is 166 cm³/mol. The minimum absolute atomic E-state index is 0.0897. The van der Waals surface area contributed by atoms with Crippen LogP contribution in [0.25, 0.3) is 6.08 Å². The number of carboxylic acids is 1. The predicted octanol–water partition coefficient (Wildman–Crippen LogP) is 6.14. The van der Waals surface area contributed by atoms with E-state index in [0.717, 1.165) is 21.6 Å². The van der Waals surface area contributed by atoms with Gasteiger partial charge in [-0.1, -0.05) is 54.1 Å². The average molecular weight is 580 g/mol. The highest BCUT2D eigenvalue weighted by Gasteiger charge is 2.15. The number of hydrogen-bond donors (Lipinski definition) is 4. The van der Waals surface area contributed by atoms with Crippen molar-refractivity contribution < 1.29 is 24.3 Å². The van der Waals surface area contributed by atoms with E-state index in [1.54, 1.807) is 67.6 Å². The van der Waals surface area contributed by atoms with Crippen LogP contribution in [0.15, 0.2) is 108 Å². The average Bonchev–Trinajstić information content (AvgIpc) is 2.98. The van der Waals surface area contributed by atoms with Gasteiger partial charge in [0, 0.05) is 21.8 Å². The second-order valence-corrected chi connectivity index (χ2v) is 10.5. The van der Waals surface area contributed by atoms with Crippen LogP contribution in [0, 0.1) is 13.8 Å². The molecule has 0 radical (unpaired) electrons. The van der Waals surface area contributed by atoms with Gasteiger partial charge in [0.1, 0.15) is 5.70 Å². The number of anilines is 2. The Morgan fingerprint density at radius 1 is 0.786 bits per heavy atom. The van der Waals surface area contributed by atoms with E-state index in [4.69, 9.17) is 0 Å². The molecule has 0 fully saturated rings. The van der Waals surface area contributed by atoms with Crippen LogP contribution in [-0.2, 0) is 9.59 Å². The lowest BCUT2D eigenvalue weighted by Crippen LogP contribution is -2.30. The van der Waals surface area contributed by atoms with Gasteiger partial charge in [-0.25, -0.2) is 4.79 Å². The topological polar surface area (TPSA) is 125 Å². The molecule has 0 aliphatic rings. The first-order valence-electron chi connectivity index (χ1n) is 13.0. The van der Waals surface area contributed by atoms with Crippen molar-refractivity contribution in [1.29, 1.82) is 0 Å². The van der Waals surface area contributed by atoms with E-state index in [0.29, 0.717) is 16.9 Å². The standard InChI is InChI=1S/C33H29N3O5S/c1-21-7-6-8-23(17-21)18-29(36-31(38)24-9-4-3-5-10-24)32(39)34-26-13-15-27(16-14-26)42-20-30(37)35-28-19-25(33(40)41)12-11-22(28)2/h3-19H,20H2,1-2H3,(H,34,39)(H,35,37)(H,36,38)(H,40,41)/b29-18-. The number of nitrogens with one attached hydrogen (secondary N) is 3. The van der Waals surface area contributed by atoms with Gasteiger partial charge in [0.25, 0.3) is 11.8 Å². The minimum Gasteiger partial charge on any atom is -0.478 e. The molecule has 0 atom stereocenters. The Morgan fingerprint density at radius 3 is 2.21 bits per heavy atom. The Morgan fingerprint density at radius 2 is 1.52 bits per heavy atom. The number of thioether (sulfide) groups is 1. The van der Waals surface area contributed by atoms with E-state index in [1.807, 2.05) is 37.3 Å². The molecule has 4 aromatic carbocycles. The van der Waals surface area contributed by atoms with E-state index in [9.17, 15) is 24.3 Å². The lowest BCUT2D eigenvalue weighted by atomic mass is 10.1. The zero-order valence-electron chi connectivity index (χ0n) is 23.0. The summed E-state index contributed by atoms with van der Waals surface area (Å²) in [4.78, 5) is 50.6. The van der Waals surface area contributed by atoms with Crippen molar-refractivity contribution in [3.05, 3.63) is 131 Å². The Hall–Kier alpha value is -5.15. The molecule has 3 amide bonds. The molecule has 0 saturated heterocycles. The quantitative estimate of drug-likeness (QED) is 0.132. The lowest BCUT2D eigenvalue weighted by molar-refractivity contribution is -0.114. The molecule has 0 spiro atoms. The Labute approximate surface area is 247 Å². The molecule has 0 saturated carbocycles. The zero-order valence-corrected chi connectivity index (χ0v) is 23.8. The van der Waals surface area contributed by atoms with Crippen LogP contribution in [0.1, 0.15) is 37.4 Å². The maximum atomic E-state index is 13.2. The number of hydrogen-bond acceptors (Lipinski definition) is 5. The molecule has 4 aromatic rings. The molecule has 0 aliphatic carbocycles. The number of carbonyl (C=O) groups is 4. The molecule has 0 bridgehead atoms. The molecule has 8 nitrogen and oxygen atoms in total. The van der Waals surface area contributed by atoms with E-state index in [-0.39, 0.29) is 22.9 Å². The van der Waals surface area contributed by atoms with Crippen LogP contribution in [-0.4, -0.2) is 34.6 Å². The van der Waals surface area contributed by atoms with Crippen LogP contribution in [0.3, 0.4) is 0 Å². The van der Waals surface area contributed by atoms with Crippen LogP contribution < -0.4 is 16.0 Å². The fourth-order valence-corrected chi connectivity index (χ4v) is 4.63. The molecular weight excluding hydrogens is 550 g/mol. The number of carboxylic acid groups (broad SMARTS) is 1. The van der Waals surface area contributed by atoms with Crippen molar-refractivity contribution in [1.82, 2.24) is 5.32 Å². The summed E-state index contributed by atoms with van der Waals surface area (Å²) in [5, 5.41) is 17.5. The van der Waals surface area contributed by atoms with Gasteiger partial charge in [0.2, 0.25) is 5.91 Å². The van der Waals surface area contributed by atoms with Gasteiger partial charge in [0.15, 0.2) is 0 Å². The molecule has 212 valence electrons. The molecule has 0 heterocycles. The molecular formula is C33H29N3O5S. The highest BCUT2D eigenvalue weighted by atomic mass is 32.2. The summed E-state index contributed by atoms with van der Waals surface area (Å²) in [7, 11) is 0. The summed E-state index contributed by atoms with van der Waals surface area (Å²) < 4.78 is 0. The molecule has 4 N–H and O–H groups in total. The van der Waals surface area contributed by atoms with Gasteiger partial charge in [-0.3, -0.25) is 14.4 Å². The Kier molecular flexibility index (Phi) is 9.91. The first-order valence-corrected chi connectivity index (χ1v) is 14.0. The molecule has 4 rings (SSSR count). The van der Waals surface area contributed by atoms with Gasteiger partial charge in [-0.05, 0) is 79.6 Å². The second-order valence-electron chi connectivity index (χ2n) is 9.44. The maximum absolute atomic E-state index is 13.2. The monoisotopic (exact) mass is 579 g/mol. The van der Waals surface area contributed by atoms with Crippen LogP contribution in [0.2, 0.25) is 0 Å². The summed E-state index contributed by atoms with van der Waals surface area (Å²) >= 11 is 1.30. The van der Waals surface area contributed by atoms with Crippen molar-refractivity contribution in [2.24, 2.45) is 0 Å². The number of aryl methyl sites for hydroxylation is 2. The van der Waals surface area contributed by atoms with Crippen LogP contribution in [0.4, 0.5) is 11.4 Å². The largest absolute Gasteiger partial charge is 0.478 e. The summed E-state index contributed by atoms with van der Waals surface area (Å²) in [6.07, 6.45) is 1.62. The number of benzene rings is 4. The summed E-state index contributed by atoms with van der Waals surface area (Å²) in [5.41, 5.74) is 4.12. The van der Waals surface area contributed by atoms with Crippen molar-refractivity contribution in [2.45, 2.75) is 18.7 Å². The van der Waals surface area contributed by atoms with Gasteiger partial charge in [0.05, 0.1) is 11.3 Å². The third-order valence-corrected chi connectivity index (χ3v) is 7.13. The highest BCUT2D eigenvalue weighted by molar-refractivity contribution is 8.00. The molecule has 42 heavy (non-hydrogen) atoms. The maximum Gasteiger partial charge on any atom is 0.335 e. The van der Waals surface area contributed by atoms with E-state index in [1.165, 1.54) is 23.9 Å². The van der Waals surface area contributed by atoms with E-state index in [2.05, 4.69) is 16.0 Å².